The van der Waals surface area contributed by atoms with E-state index < -0.39 is 0 Å². The summed E-state index contributed by atoms with van der Waals surface area (Å²) in [7, 11) is 0. The lowest BCUT2D eigenvalue weighted by Crippen LogP contribution is -1.85. The average molecular weight is 268 g/mol. The van der Waals surface area contributed by atoms with Gasteiger partial charge in [0.25, 0.3) is 0 Å². The van der Waals surface area contributed by atoms with E-state index in [0.29, 0.717) is 0 Å². The Bertz CT molecular complexity index is 567. The molecule has 0 aromatic heterocycles. The Morgan fingerprint density at radius 2 is 1.63 bits per heavy atom. The molecule has 96 valence electrons. The monoisotopic (exact) mass is 268 g/mol. The molecule has 0 unspecified atom stereocenters. The summed E-state index contributed by atoms with van der Waals surface area (Å²) in [6.07, 6.45) is 0. The van der Waals surface area contributed by atoms with Gasteiger partial charge in [0.1, 0.15) is 6.61 Å². The fourth-order valence-electron chi connectivity index (χ4n) is 1.74. The quantitative estimate of drug-likeness (QED) is 0.857. The van der Waals surface area contributed by atoms with E-state index in [0.717, 1.165) is 17.1 Å². The molecule has 0 radical (unpaired) electrons. The van der Waals surface area contributed by atoms with Crippen LogP contribution in [0.4, 0.5) is 0 Å². The van der Waals surface area contributed by atoms with Crippen LogP contribution in [0.5, 0.6) is 0 Å². The first-order chi connectivity index (χ1) is 9.38. The van der Waals surface area contributed by atoms with Crippen molar-refractivity contribution < 1.29 is 5.11 Å². The van der Waals surface area contributed by atoms with E-state index in [1.165, 1.54) is 11.1 Å². The van der Waals surface area contributed by atoms with Crippen molar-refractivity contribution in [3.05, 3.63) is 71.3 Å². The van der Waals surface area contributed by atoms with Gasteiger partial charge in [-0.1, -0.05) is 54.3 Å². The number of rotatable bonds is 4. The maximum absolute atomic E-state index is 8.69. The van der Waals surface area contributed by atoms with Crippen LogP contribution in [0.25, 0.3) is 0 Å². The number of thioether (sulfide) groups is 1. The summed E-state index contributed by atoms with van der Waals surface area (Å²) in [4.78, 5) is 0. The third-order valence-corrected chi connectivity index (χ3v) is 3.69. The second-order valence-corrected chi connectivity index (χ2v) is 5.12. The van der Waals surface area contributed by atoms with E-state index in [1.54, 1.807) is 0 Å². The summed E-state index contributed by atoms with van der Waals surface area (Å²) in [6, 6.07) is 18.7. The first-order valence-corrected chi connectivity index (χ1v) is 7.34. The summed E-state index contributed by atoms with van der Waals surface area (Å²) in [5.74, 6) is 7.60. The molecule has 2 aromatic rings. The van der Waals surface area contributed by atoms with Gasteiger partial charge in [0.2, 0.25) is 0 Å². The highest BCUT2D eigenvalue weighted by Crippen LogP contribution is 2.18. The van der Waals surface area contributed by atoms with Crippen LogP contribution < -0.4 is 0 Å². The number of benzene rings is 2. The van der Waals surface area contributed by atoms with Crippen LogP contribution in [0.3, 0.4) is 0 Å². The van der Waals surface area contributed by atoms with Crippen molar-refractivity contribution in [2.45, 2.75) is 11.5 Å². The Morgan fingerprint density at radius 3 is 2.42 bits per heavy atom. The van der Waals surface area contributed by atoms with Crippen LogP contribution in [-0.2, 0) is 11.5 Å². The molecule has 0 aliphatic heterocycles. The molecular weight excluding hydrogens is 252 g/mol. The van der Waals surface area contributed by atoms with Crippen molar-refractivity contribution in [1.29, 1.82) is 0 Å². The number of hydrogen-bond donors (Lipinski definition) is 1. The molecular formula is C17H16OS. The largest absolute Gasteiger partial charge is 0.384 e. The Balaban J connectivity index is 1.89. The molecule has 2 aromatic carbocycles. The Kier molecular flexibility index (Phi) is 5.55. The molecule has 2 rings (SSSR count). The summed E-state index contributed by atoms with van der Waals surface area (Å²) in [5.41, 5.74) is 3.58. The van der Waals surface area contributed by atoms with Gasteiger partial charge in [0.05, 0.1) is 0 Å². The number of aliphatic hydroxyl groups excluding tert-OH is 1. The third-order valence-electron chi connectivity index (χ3n) is 2.62. The molecule has 0 fully saturated rings. The van der Waals surface area contributed by atoms with Crippen LogP contribution in [0, 0.1) is 11.8 Å². The number of hydrogen-bond acceptors (Lipinski definition) is 2. The third kappa shape index (κ3) is 4.82. The summed E-state index contributed by atoms with van der Waals surface area (Å²) >= 11 is 1.89. The molecule has 19 heavy (non-hydrogen) atoms. The smallest absolute Gasteiger partial charge is 0.104 e. The van der Waals surface area contributed by atoms with Gasteiger partial charge in [-0.15, -0.1) is 0 Å². The summed E-state index contributed by atoms with van der Waals surface area (Å²) in [5, 5.41) is 8.69. The van der Waals surface area contributed by atoms with Gasteiger partial charge in [-0.25, -0.2) is 0 Å². The minimum Gasteiger partial charge on any atom is -0.384 e. The van der Waals surface area contributed by atoms with E-state index in [-0.39, 0.29) is 6.61 Å². The molecule has 0 spiro atoms. The maximum atomic E-state index is 8.69. The fraction of sp³-hybridized carbons (Fsp3) is 0.176. The predicted octanol–water partition coefficient (Wildman–Crippen LogP) is 3.46. The molecule has 2 heteroatoms. The molecule has 1 N–H and O–H groups in total. The minimum atomic E-state index is -0.0903. The van der Waals surface area contributed by atoms with Crippen LogP contribution in [0.1, 0.15) is 16.7 Å². The molecule has 1 nitrogen and oxygen atoms in total. The standard InChI is InChI=1S/C17H16OS/c18-11-5-10-15-8-4-9-17(12-15)14-19-13-16-6-2-1-3-7-16/h1-4,6-9,12,18H,11,13-14H2. The maximum Gasteiger partial charge on any atom is 0.104 e. The number of aliphatic hydroxyl groups is 1. The van der Waals surface area contributed by atoms with Crippen LogP contribution >= 0.6 is 11.8 Å². The van der Waals surface area contributed by atoms with Gasteiger partial charge in [0, 0.05) is 17.1 Å². The van der Waals surface area contributed by atoms with E-state index in [2.05, 4.69) is 48.2 Å². The summed E-state index contributed by atoms with van der Waals surface area (Å²) in [6.45, 7) is -0.0903. The molecule has 0 saturated heterocycles. The van der Waals surface area contributed by atoms with Crippen molar-refractivity contribution in [1.82, 2.24) is 0 Å². The highest BCUT2D eigenvalue weighted by Gasteiger charge is 1.96. The van der Waals surface area contributed by atoms with Gasteiger partial charge in [-0.2, -0.15) is 11.8 Å². The van der Waals surface area contributed by atoms with E-state index >= 15 is 0 Å². The second kappa shape index (κ2) is 7.68. The van der Waals surface area contributed by atoms with E-state index in [4.69, 9.17) is 5.11 Å². The molecule has 0 saturated carbocycles. The molecule has 0 aliphatic carbocycles. The SMILES string of the molecule is OCC#Cc1cccc(CSCc2ccccc2)c1. The van der Waals surface area contributed by atoms with Crippen molar-refractivity contribution in [2.24, 2.45) is 0 Å². The fourth-order valence-corrected chi connectivity index (χ4v) is 2.69. The predicted molar refractivity (Wildman–Crippen MR) is 81.8 cm³/mol. The normalized spacial score (nSPS) is 9.74. The van der Waals surface area contributed by atoms with Crippen molar-refractivity contribution in [2.75, 3.05) is 6.61 Å². The molecule has 0 heterocycles. The lowest BCUT2D eigenvalue weighted by Gasteiger charge is -2.03. The molecule has 0 bridgehead atoms. The molecule has 0 amide bonds. The highest BCUT2D eigenvalue weighted by atomic mass is 32.2. The minimum absolute atomic E-state index is 0.0903. The Labute approximate surface area is 118 Å². The topological polar surface area (TPSA) is 20.2 Å². The average Bonchev–Trinajstić information content (AvgIpc) is 2.47. The van der Waals surface area contributed by atoms with Gasteiger partial charge in [0.15, 0.2) is 0 Å². The van der Waals surface area contributed by atoms with E-state index in [9.17, 15) is 0 Å². The molecule has 0 aliphatic rings. The second-order valence-electron chi connectivity index (χ2n) is 4.14. The van der Waals surface area contributed by atoms with Gasteiger partial charge in [-0.05, 0) is 23.3 Å². The van der Waals surface area contributed by atoms with Gasteiger partial charge < -0.3 is 5.11 Å². The van der Waals surface area contributed by atoms with Gasteiger partial charge in [-0.3, -0.25) is 0 Å². The zero-order valence-electron chi connectivity index (χ0n) is 10.7. The van der Waals surface area contributed by atoms with Crippen LogP contribution in [0.15, 0.2) is 54.6 Å². The first kappa shape index (κ1) is 13.7. The first-order valence-electron chi connectivity index (χ1n) is 6.19. The highest BCUT2D eigenvalue weighted by molar-refractivity contribution is 7.97. The zero-order valence-corrected chi connectivity index (χ0v) is 11.5. The Hall–Kier alpha value is -1.69. The van der Waals surface area contributed by atoms with E-state index in [1.807, 2.05) is 30.0 Å². The van der Waals surface area contributed by atoms with Crippen LogP contribution in [-0.4, -0.2) is 11.7 Å². The molecule has 0 atom stereocenters. The lowest BCUT2D eigenvalue weighted by atomic mass is 10.1. The van der Waals surface area contributed by atoms with Crippen molar-refractivity contribution in [3.63, 3.8) is 0 Å². The van der Waals surface area contributed by atoms with Crippen LogP contribution in [0.2, 0.25) is 0 Å². The lowest BCUT2D eigenvalue weighted by molar-refractivity contribution is 0.350. The van der Waals surface area contributed by atoms with Crippen molar-refractivity contribution in [3.8, 4) is 11.8 Å². The summed E-state index contributed by atoms with van der Waals surface area (Å²) < 4.78 is 0. The Morgan fingerprint density at radius 1 is 0.895 bits per heavy atom. The zero-order chi connectivity index (χ0) is 13.3. The van der Waals surface area contributed by atoms with Gasteiger partial charge >= 0.3 is 0 Å². The van der Waals surface area contributed by atoms with Crippen molar-refractivity contribution >= 4 is 11.8 Å².